The highest BCUT2D eigenvalue weighted by molar-refractivity contribution is 6.05. The number of amides is 1. The maximum atomic E-state index is 12.8. The van der Waals surface area contributed by atoms with Gasteiger partial charge in [0.2, 0.25) is 0 Å². The number of hydrogen-bond donors (Lipinski definition) is 1. The Labute approximate surface area is 121 Å². The van der Waals surface area contributed by atoms with Crippen LogP contribution in [0, 0.1) is 12.7 Å². The van der Waals surface area contributed by atoms with E-state index in [4.69, 9.17) is 0 Å². The molecule has 0 heterocycles. The Balaban J connectivity index is 2.24. The molecule has 0 atom stereocenters. The van der Waals surface area contributed by atoms with Gasteiger partial charge in [-0.2, -0.15) is 0 Å². The average molecular weight is 287 g/mol. The third-order valence-corrected chi connectivity index (χ3v) is 3.01. The van der Waals surface area contributed by atoms with Gasteiger partial charge in [-0.25, -0.2) is 9.18 Å². The number of ether oxygens (including phenoxy) is 1. The fourth-order valence-electron chi connectivity index (χ4n) is 1.80. The Bertz CT molecular complexity index is 680. The van der Waals surface area contributed by atoms with Crippen molar-refractivity contribution in [2.45, 2.75) is 6.92 Å². The fourth-order valence-corrected chi connectivity index (χ4v) is 1.80. The first-order chi connectivity index (χ1) is 10.0. The largest absolute Gasteiger partial charge is 0.465 e. The second-order valence-electron chi connectivity index (χ2n) is 4.48. The Morgan fingerprint density at radius 1 is 1.05 bits per heavy atom. The first-order valence-electron chi connectivity index (χ1n) is 6.27. The summed E-state index contributed by atoms with van der Waals surface area (Å²) in [7, 11) is 1.29. The van der Waals surface area contributed by atoms with Gasteiger partial charge in [0.1, 0.15) is 5.82 Å². The number of benzene rings is 2. The van der Waals surface area contributed by atoms with E-state index in [1.54, 1.807) is 25.1 Å². The van der Waals surface area contributed by atoms with Crippen molar-refractivity contribution in [3.8, 4) is 0 Å². The van der Waals surface area contributed by atoms with Crippen molar-refractivity contribution in [3.05, 3.63) is 65.0 Å². The summed E-state index contributed by atoms with van der Waals surface area (Å²) >= 11 is 0. The van der Waals surface area contributed by atoms with Gasteiger partial charge in [-0.05, 0) is 48.9 Å². The number of carbonyl (C=O) groups excluding carboxylic acids is 2. The van der Waals surface area contributed by atoms with Crippen LogP contribution < -0.4 is 5.32 Å². The van der Waals surface area contributed by atoms with Crippen LogP contribution in [0.3, 0.4) is 0 Å². The standard InChI is InChI=1S/C16H14FNO3/c1-10-3-4-12(16(20)21-2)9-14(10)18-15(19)11-5-7-13(17)8-6-11/h3-9H,1-2H3,(H,18,19). The molecule has 5 heteroatoms. The number of methoxy groups -OCH3 is 1. The third-order valence-electron chi connectivity index (χ3n) is 3.01. The van der Waals surface area contributed by atoms with Gasteiger partial charge in [0.25, 0.3) is 5.91 Å². The maximum Gasteiger partial charge on any atom is 0.337 e. The zero-order valence-electron chi connectivity index (χ0n) is 11.6. The highest BCUT2D eigenvalue weighted by Crippen LogP contribution is 2.18. The first-order valence-corrected chi connectivity index (χ1v) is 6.27. The van der Waals surface area contributed by atoms with Crippen LogP contribution in [0.1, 0.15) is 26.3 Å². The molecular formula is C16H14FNO3. The van der Waals surface area contributed by atoms with Gasteiger partial charge in [0.05, 0.1) is 12.7 Å². The Hall–Kier alpha value is -2.69. The summed E-state index contributed by atoms with van der Waals surface area (Å²) in [4.78, 5) is 23.6. The van der Waals surface area contributed by atoms with Gasteiger partial charge >= 0.3 is 5.97 Å². The molecule has 21 heavy (non-hydrogen) atoms. The number of hydrogen-bond acceptors (Lipinski definition) is 3. The molecule has 0 saturated heterocycles. The van der Waals surface area contributed by atoms with Crippen molar-refractivity contribution in [1.82, 2.24) is 0 Å². The highest BCUT2D eigenvalue weighted by Gasteiger charge is 2.11. The molecule has 0 aliphatic heterocycles. The van der Waals surface area contributed by atoms with E-state index >= 15 is 0 Å². The fraction of sp³-hybridized carbons (Fsp3) is 0.125. The van der Waals surface area contributed by atoms with Crippen molar-refractivity contribution in [1.29, 1.82) is 0 Å². The lowest BCUT2D eigenvalue weighted by Gasteiger charge is -2.10. The summed E-state index contributed by atoms with van der Waals surface area (Å²) in [5.74, 6) is -1.26. The van der Waals surface area contributed by atoms with Crippen LogP contribution in [0.4, 0.5) is 10.1 Å². The summed E-state index contributed by atoms with van der Waals surface area (Å²) in [5.41, 5.74) is 1.99. The second kappa shape index (κ2) is 6.17. The molecule has 108 valence electrons. The van der Waals surface area contributed by atoms with Crippen LogP contribution in [-0.2, 0) is 4.74 Å². The van der Waals surface area contributed by atoms with Crippen LogP contribution in [0.15, 0.2) is 42.5 Å². The minimum atomic E-state index is -0.479. The first kappa shape index (κ1) is 14.7. The number of esters is 1. The van der Waals surface area contributed by atoms with E-state index in [0.717, 1.165) is 5.56 Å². The molecule has 0 aliphatic rings. The van der Waals surface area contributed by atoms with Crippen molar-refractivity contribution >= 4 is 17.6 Å². The molecule has 2 aromatic rings. The minimum absolute atomic E-state index is 0.333. The van der Waals surface area contributed by atoms with Gasteiger partial charge in [0, 0.05) is 11.3 Å². The van der Waals surface area contributed by atoms with Crippen LogP contribution >= 0.6 is 0 Å². The summed E-state index contributed by atoms with van der Waals surface area (Å²) < 4.78 is 17.5. The molecule has 0 unspecified atom stereocenters. The van der Waals surface area contributed by atoms with Gasteiger partial charge in [-0.1, -0.05) is 6.07 Å². The van der Waals surface area contributed by atoms with E-state index in [2.05, 4.69) is 10.1 Å². The molecule has 0 bridgehead atoms. The summed E-state index contributed by atoms with van der Waals surface area (Å²) in [6.45, 7) is 1.81. The molecule has 0 aliphatic carbocycles. The van der Waals surface area contributed by atoms with E-state index in [1.807, 2.05) is 0 Å². The van der Waals surface area contributed by atoms with Crippen molar-refractivity contribution in [2.75, 3.05) is 12.4 Å². The normalized spacial score (nSPS) is 10.0. The minimum Gasteiger partial charge on any atom is -0.465 e. The monoisotopic (exact) mass is 287 g/mol. The third kappa shape index (κ3) is 3.45. The van der Waals surface area contributed by atoms with Gasteiger partial charge in [-0.15, -0.1) is 0 Å². The summed E-state index contributed by atoms with van der Waals surface area (Å²) in [6, 6.07) is 10.1. The van der Waals surface area contributed by atoms with Crippen LogP contribution in [0.5, 0.6) is 0 Å². The Kier molecular flexibility index (Phi) is 4.33. The Morgan fingerprint density at radius 2 is 1.67 bits per heavy atom. The average Bonchev–Trinajstić information content (AvgIpc) is 2.49. The topological polar surface area (TPSA) is 55.4 Å². The van der Waals surface area contributed by atoms with Crippen LogP contribution in [0.25, 0.3) is 0 Å². The molecule has 4 nitrogen and oxygen atoms in total. The van der Waals surface area contributed by atoms with Crippen molar-refractivity contribution in [3.63, 3.8) is 0 Å². The SMILES string of the molecule is COC(=O)c1ccc(C)c(NC(=O)c2ccc(F)cc2)c1. The number of aryl methyl sites for hydroxylation is 1. The smallest absolute Gasteiger partial charge is 0.337 e. The lowest BCUT2D eigenvalue weighted by molar-refractivity contribution is 0.0600. The molecule has 1 N–H and O–H groups in total. The van der Waals surface area contributed by atoms with E-state index < -0.39 is 11.8 Å². The van der Waals surface area contributed by atoms with Crippen LogP contribution in [-0.4, -0.2) is 19.0 Å². The predicted molar refractivity (Wildman–Crippen MR) is 76.9 cm³/mol. The molecule has 1 amide bonds. The zero-order chi connectivity index (χ0) is 15.4. The van der Waals surface area contributed by atoms with Gasteiger partial charge in [-0.3, -0.25) is 4.79 Å². The van der Waals surface area contributed by atoms with Crippen molar-refractivity contribution < 1.29 is 18.7 Å². The number of carbonyl (C=O) groups is 2. The van der Waals surface area contributed by atoms with E-state index in [-0.39, 0.29) is 5.91 Å². The van der Waals surface area contributed by atoms with Gasteiger partial charge in [0.15, 0.2) is 0 Å². The Morgan fingerprint density at radius 3 is 2.29 bits per heavy atom. The lowest BCUT2D eigenvalue weighted by Crippen LogP contribution is -2.13. The molecule has 0 spiro atoms. The van der Waals surface area contributed by atoms with E-state index in [0.29, 0.717) is 16.8 Å². The number of nitrogens with one attached hydrogen (secondary N) is 1. The molecule has 0 saturated carbocycles. The molecule has 2 aromatic carbocycles. The van der Waals surface area contributed by atoms with Gasteiger partial charge < -0.3 is 10.1 Å². The maximum absolute atomic E-state index is 12.8. The number of rotatable bonds is 3. The quantitative estimate of drug-likeness (QED) is 0.882. The number of halogens is 1. The summed E-state index contributed by atoms with van der Waals surface area (Å²) in [5, 5.41) is 2.70. The van der Waals surface area contributed by atoms with Crippen LogP contribution in [0.2, 0.25) is 0 Å². The molecule has 0 aromatic heterocycles. The number of anilines is 1. The predicted octanol–water partition coefficient (Wildman–Crippen LogP) is 3.17. The molecule has 0 fully saturated rings. The van der Waals surface area contributed by atoms with E-state index in [9.17, 15) is 14.0 Å². The summed E-state index contributed by atoms with van der Waals surface area (Å²) in [6.07, 6.45) is 0. The second-order valence-corrected chi connectivity index (χ2v) is 4.48. The zero-order valence-corrected chi connectivity index (χ0v) is 11.6. The molecule has 0 radical (unpaired) electrons. The van der Waals surface area contributed by atoms with E-state index in [1.165, 1.54) is 31.4 Å². The highest BCUT2D eigenvalue weighted by atomic mass is 19.1. The molecule has 2 rings (SSSR count). The van der Waals surface area contributed by atoms with Crippen molar-refractivity contribution in [2.24, 2.45) is 0 Å². The lowest BCUT2D eigenvalue weighted by atomic mass is 10.1. The molecular weight excluding hydrogens is 273 g/mol.